The number of benzene rings is 3. The van der Waals surface area contributed by atoms with E-state index in [0.29, 0.717) is 17.1 Å². The van der Waals surface area contributed by atoms with Gasteiger partial charge in [0.05, 0.1) is 47.6 Å². The Labute approximate surface area is 228 Å². The van der Waals surface area contributed by atoms with Gasteiger partial charge in [0.2, 0.25) is 5.43 Å². The number of aromatic carboxylic acids is 1. The number of halogens is 4. The molecule has 0 unspecified atom stereocenters. The molecule has 3 aromatic carbocycles. The van der Waals surface area contributed by atoms with Crippen molar-refractivity contribution in [1.29, 1.82) is 0 Å². The fourth-order valence-electron chi connectivity index (χ4n) is 4.27. The van der Waals surface area contributed by atoms with Crippen LogP contribution >= 0.6 is 15.9 Å². The van der Waals surface area contributed by atoms with Crippen LogP contribution in [0.15, 0.2) is 45.8 Å². The van der Waals surface area contributed by atoms with Crippen LogP contribution in [0.1, 0.15) is 27.0 Å². The maximum Gasteiger partial charge on any atom is 0.341 e. The number of carboxylic acids is 1. The number of ether oxygens (including phenoxy) is 2. The van der Waals surface area contributed by atoms with E-state index >= 15 is 4.39 Å². The average Bonchev–Trinajstić information content (AvgIpc) is 2.93. The number of methoxy groups -OCH3 is 2. The highest BCUT2D eigenvalue weighted by Gasteiger charge is 2.25. The zero-order chi connectivity index (χ0) is 28.6. The molecular weight excluding hydrogens is 585 g/mol. The molecule has 0 bridgehead atoms. The Morgan fingerprint density at radius 2 is 1.79 bits per heavy atom. The number of aryl methyl sites for hydroxylation is 1. The summed E-state index contributed by atoms with van der Waals surface area (Å²) >= 11 is 2.98. The van der Waals surface area contributed by atoms with E-state index in [1.54, 1.807) is 18.2 Å². The molecule has 0 fully saturated rings. The molecule has 12 heteroatoms. The predicted octanol–water partition coefficient (Wildman–Crippen LogP) is 5.30. The number of nitrogens with zero attached hydrogens (tertiary/aromatic N) is 1. The summed E-state index contributed by atoms with van der Waals surface area (Å²) in [7, 11) is 2.97. The van der Waals surface area contributed by atoms with Gasteiger partial charge in [-0.05, 0) is 47.1 Å². The van der Waals surface area contributed by atoms with Gasteiger partial charge in [0, 0.05) is 35.5 Å². The topological polar surface area (TPSA) is 110 Å². The Morgan fingerprint density at radius 1 is 1.08 bits per heavy atom. The molecule has 0 aliphatic rings. The minimum absolute atomic E-state index is 0.00403. The molecule has 1 aromatic heterocycles. The van der Waals surface area contributed by atoms with Crippen molar-refractivity contribution in [3.8, 4) is 17.2 Å². The van der Waals surface area contributed by atoms with Gasteiger partial charge < -0.3 is 29.6 Å². The Morgan fingerprint density at radius 3 is 2.41 bits per heavy atom. The smallest absolute Gasteiger partial charge is 0.341 e. The van der Waals surface area contributed by atoms with Crippen LogP contribution in [-0.4, -0.2) is 35.0 Å². The van der Waals surface area contributed by atoms with Crippen LogP contribution in [0.4, 0.5) is 18.9 Å². The quantitative estimate of drug-likeness (QED) is 0.233. The number of nitrogens with one attached hydrogen (secondary N) is 1. The first-order valence-electron chi connectivity index (χ1n) is 11.4. The van der Waals surface area contributed by atoms with Crippen LogP contribution in [0.2, 0.25) is 0 Å². The average molecular weight is 607 g/mol. The molecule has 0 saturated carbocycles. The normalized spacial score (nSPS) is 11.1. The minimum Gasteiger partial charge on any atom is -0.497 e. The first kappa shape index (κ1) is 28.0. The highest BCUT2D eigenvalue weighted by Crippen LogP contribution is 2.35. The zero-order valence-electron chi connectivity index (χ0n) is 20.9. The zero-order valence-corrected chi connectivity index (χ0v) is 22.5. The Balaban J connectivity index is 1.95. The number of hydrogen-bond donors (Lipinski definition) is 3. The Kier molecular flexibility index (Phi) is 7.89. The van der Waals surface area contributed by atoms with E-state index in [0.717, 1.165) is 23.8 Å². The van der Waals surface area contributed by atoms with Crippen molar-refractivity contribution in [2.45, 2.75) is 20.1 Å². The molecule has 0 spiro atoms. The van der Waals surface area contributed by atoms with E-state index in [4.69, 9.17) is 9.47 Å². The lowest BCUT2D eigenvalue weighted by Crippen LogP contribution is -2.21. The molecule has 0 aliphatic heterocycles. The van der Waals surface area contributed by atoms with Crippen molar-refractivity contribution in [3.63, 3.8) is 0 Å². The third-order valence-electron chi connectivity index (χ3n) is 6.30. The molecule has 0 radical (unpaired) electrons. The van der Waals surface area contributed by atoms with E-state index in [1.165, 1.54) is 20.3 Å². The highest BCUT2D eigenvalue weighted by molar-refractivity contribution is 9.10. The molecule has 0 amide bonds. The number of aromatic nitrogens is 1. The molecule has 0 saturated heterocycles. The van der Waals surface area contributed by atoms with E-state index < -0.39 is 51.1 Å². The van der Waals surface area contributed by atoms with E-state index in [1.807, 2.05) is 0 Å². The molecule has 39 heavy (non-hydrogen) atoms. The molecule has 204 valence electrons. The van der Waals surface area contributed by atoms with Crippen molar-refractivity contribution in [1.82, 2.24) is 4.57 Å². The summed E-state index contributed by atoms with van der Waals surface area (Å²) in [4.78, 5) is 24.9. The molecule has 0 aliphatic carbocycles. The van der Waals surface area contributed by atoms with Gasteiger partial charge in [-0.3, -0.25) is 4.79 Å². The standard InChI is InChI=1S/C27H22BrF3N2O6/c1-12-21-25(22(28)24(31)23(12)30)33(10-16(26(21)35)27(36)37)19-8-18(17(29)6-14(19)11-34)32-9-13-4-5-15(38-2)7-20(13)39-3/h4-8,10,32,34H,9,11H2,1-3H3,(H,36,37). The van der Waals surface area contributed by atoms with Crippen LogP contribution in [0, 0.1) is 24.4 Å². The first-order valence-corrected chi connectivity index (χ1v) is 12.2. The van der Waals surface area contributed by atoms with Crippen LogP contribution in [-0.2, 0) is 13.2 Å². The van der Waals surface area contributed by atoms with E-state index in [2.05, 4.69) is 21.2 Å². The molecule has 4 aromatic rings. The van der Waals surface area contributed by atoms with Gasteiger partial charge in [0.25, 0.3) is 0 Å². The van der Waals surface area contributed by atoms with Gasteiger partial charge in [0.1, 0.15) is 22.9 Å². The van der Waals surface area contributed by atoms with Crippen LogP contribution < -0.4 is 20.2 Å². The van der Waals surface area contributed by atoms with Crippen molar-refractivity contribution < 1.29 is 37.7 Å². The maximum atomic E-state index is 15.1. The van der Waals surface area contributed by atoms with E-state index in [-0.39, 0.29) is 34.4 Å². The van der Waals surface area contributed by atoms with E-state index in [9.17, 15) is 28.6 Å². The number of fused-ring (bicyclic) bond motifs is 1. The third kappa shape index (κ3) is 4.92. The number of pyridine rings is 1. The lowest BCUT2D eigenvalue weighted by molar-refractivity contribution is 0.0695. The van der Waals surface area contributed by atoms with Crippen LogP contribution in [0.3, 0.4) is 0 Å². The number of aliphatic hydroxyl groups excluding tert-OH is 1. The molecular formula is C27H22BrF3N2O6. The van der Waals surface area contributed by atoms with Crippen molar-refractivity contribution in [3.05, 3.63) is 90.9 Å². The second-order valence-electron chi connectivity index (χ2n) is 8.49. The lowest BCUT2D eigenvalue weighted by Gasteiger charge is -2.20. The lowest BCUT2D eigenvalue weighted by atomic mass is 10.0. The summed E-state index contributed by atoms with van der Waals surface area (Å²) < 4.78 is 55.7. The minimum atomic E-state index is -1.60. The number of hydrogen-bond acceptors (Lipinski definition) is 6. The Bertz CT molecular complexity index is 1690. The summed E-state index contributed by atoms with van der Waals surface area (Å²) in [5.41, 5.74) is -1.71. The number of anilines is 1. The predicted molar refractivity (Wildman–Crippen MR) is 142 cm³/mol. The fourth-order valence-corrected chi connectivity index (χ4v) is 4.84. The van der Waals surface area contributed by atoms with Crippen LogP contribution in [0.5, 0.6) is 11.5 Å². The highest BCUT2D eigenvalue weighted by atomic mass is 79.9. The second kappa shape index (κ2) is 11.0. The summed E-state index contributed by atoms with van der Waals surface area (Å²) in [6.07, 6.45) is 0.928. The van der Waals surface area contributed by atoms with Crippen molar-refractivity contribution in [2.75, 3.05) is 19.5 Å². The molecule has 4 rings (SSSR count). The van der Waals surface area contributed by atoms with Gasteiger partial charge in [0.15, 0.2) is 11.6 Å². The van der Waals surface area contributed by atoms with Gasteiger partial charge in [-0.15, -0.1) is 0 Å². The largest absolute Gasteiger partial charge is 0.497 e. The van der Waals surface area contributed by atoms with Crippen molar-refractivity contribution >= 4 is 38.5 Å². The van der Waals surface area contributed by atoms with Gasteiger partial charge >= 0.3 is 5.97 Å². The molecule has 1 heterocycles. The number of carbonyl (C=O) groups is 1. The van der Waals surface area contributed by atoms with Gasteiger partial charge in [-0.25, -0.2) is 18.0 Å². The fraction of sp³-hybridized carbons (Fsp3) is 0.185. The molecule has 0 atom stereocenters. The maximum absolute atomic E-state index is 15.1. The summed E-state index contributed by atoms with van der Waals surface area (Å²) in [6.45, 7) is 0.558. The summed E-state index contributed by atoms with van der Waals surface area (Å²) in [6, 6.07) is 7.37. The van der Waals surface area contributed by atoms with Gasteiger partial charge in [-0.2, -0.15) is 0 Å². The molecule has 3 N–H and O–H groups in total. The van der Waals surface area contributed by atoms with Gasteiger partial charge in [-0.1, -0.05) is 0 Å². The van der Waals surface area contributed by atoms with Crippen LogP contribution in [0.25, 0.3) is 16.6 Å². The third-order valence-corrected chi connectivity index (χ3v) is 7.02. The number of carboxylic acid groups (broad SMARTS) is 1. The SMILES string of the molecule is COc1ccc(CNc2cc(-n3cc(C(=O)O)c(=O)c4c(C)c(F)c(F)c(Br)c43)c(CO)cc2F)c(OC)c1. The summed E-state index contributed by atoms with van der Waals surface area (Å²) in [5.74, 6) is -3.93. The number of rotatable bonds is 8. The second-order valence-corrected chi connectivity index (χ2v) is 9.28. The van der Waals surface area contributed by atoms with Crippen molar-refractivity contribution in [2.24, 2.45) is 0 Å². The monoisotopic (exact) mass is 606 g/mol. The summed E-state index contributed by atoms with van der Waals surface area (Å²) in [5, 5.41) is 22.2. The number of aliphatic hydroxyl groups is 1. The molecule has 8 nitrogen and oxygen atoms in total. The Hall–Kier alpha value is -4.03. The first-order chi connectivity index (χ1) is 18.5.